The van der Waals surface area contributed by atoms with E-state index in [1.807, 2.05) is 0 Å². The second kappa shape index (κ2) is 3.85. The minimum atomic E-state index is 0.447. The Morgan fingerprint density at radius 3 is 2.71 bits per heavy atom. The number of piperazine rings is 1. The van der Waals surface area contributed by atoms with Crippen LogP contribution >= 0.6 is 0 Å². The van der Waals surface area contributed by atoms with Gasteiger partial charge in [0.15, 0.2) is 11.5 Å². The Bertz CT molecular complexity index is 526. The Kier molecular flexibility index (Phi) is 2.32. The van der Waals surface area contributed by atoms with E-state index in [4.69, 9.17) is 5.73 Å². The molecule has 0 spiro atoms. The van der Waals surface area contributed by atoms with Crippen LogP contribution in [-0.4, -0.2) is 58.1 Å². The Labute approximate surface area is 98.7 Å². The van der Waals surface area contributed by atoms with E-state index < -0.39 is 0 Å². The van der Waals surface area contributed by atoms with Crippen LogP contribution in [0.2, 0.25) is 0 Å². The van der Waals surface area contributed by atoms with Gasteiger partial charge in [-0.15, -0.1) is 0 Å². The van der Waals surface area contributed by atoms with Crippen molar-refractivity contribution in [2.24, 2.45) is 0 Å². The number of fused-ring (bicyclic) bond motifs is 1. The molecule has 0 aliphatic carbocycles. The number of hydrogen-bond donors (Lipinski definition) is 2. The molecule has 3 rings (SSSR count). The van der Waals surface area contributed by atoms with Crippen molar-refractivity contribution < 1.29 is 0 Å². The van der Waals surface area contributed by atoms with E-state index in [1.54, 1.807) is 0 Å². The van der Waals surface area contributed by atoms with Gasteiger partial charge < -0.3 is 20.5 Å². The molecule has 7 heteroatoms. The SMILES string of the molecule is CN1CCN(c2nc3ncnc(N)c3[nH]2)CC1. The number of nitrogen functional groups attached to an aromatic ring is 1. The van der Waals surface area contributed by atoms with E-state index in [-0.39, 0.29) is 0 Å². The van der Waals surface area contributed by atoms with Crippen molar-refractivity contribution >= 4 is 22.9 Å². The van der Waals surface area contributed by atoms with Crippen LogP contribution in [0.15, 0.2) is 6.33 Å². The molecule has 0 bridgehead atoms. The molecule has 1 saturated heterocycles. The highest BCUT2D eigenvalue weighted by molar-refractivity contribution is 5.83. The van der Waals surface area contributed by atoms with Crippen LogP contribution in [0.25, 0.3) is 11.2 Å². The molecule has 1 fully saturated rings. The maximum Gasteiger partial charge on any atom is 0.205 e. The lowest BCUT2D eigenvalue weighted by Crippen LogP contribution is -2.44. The number of hydrogen-bond acceptors (Lipinski definition) is 6. The molecule has 1 aliphatic heterocycles. The summed E-state index contributed by atoms with van der Waals surface area (Å²) in [5.74, 6) is 1.28. The fourth-order valence-corrected chi connectivity index (χ4v) is 2.00. The van der Waals surface area contributed by atoms with E-state index in [2.05, 4.69) is 36.8 Å². The second-order valence-corrected chi connectivity index (χ2v) is 4.31. The molecule has 0 saturated carbocycles. The number of likely N-dealkylation sites (N-methyl/N-ethyl adjacent to an activating group) is 1. The third-order valence-electron chi connectivity index (χ3n) is 3.11. The third kappa shape index (κ3) is 1.78. The van der Waals surface area contributed by atoms with Gasteiger partial charge in [0.1, 0.15) is 11.8 Å². The fraction of sp³-hybridized carbons (Fsp3) is 0.500. The maximum absolute atomic E-state index is 5.77. The number of aromatic amines is 1. The summed E-state index contributed by atoms with van der Waals surface area (Å²) in [5, 5.41) is 0. The highest BCUT2D eigenvalue weighted by atomic mass is 15.3. The average molecular weight is 233 g/mol. The summed E-state index contributed by atoms with van der Waals surface area (Å²) in [5.41, 5.74) is 7.13. The molecule has 3 heterocycles. The lowest BCUT2D eigenvalue weighted by Gasteiger charge is -2.31. The summed E-state index contributed by atoms with van der Waals surface area (Å²) in [6, 6.07) is 0. The Balaban J connectivity index is 1.93. The van der Waals surface area contributed by atoms with Crippen molar-refractivity contribution in [2.75, 3.05) is 43.9 Å². The van der Waals surface area contributed by atoms with Crippen molar-refractivity contribution in [2.45, 2.75) is 0 Å². The summed E-state index contributed by atoms with van der Waals surface area (Å²) in [4.78, 5) is 20.2. The number of anilines is 2. The van der Waals surface area contributed by atoms with Gasteiger partial charge in [-0.25, -0.2) is 9.97 Å². The Morgan fingerprint density at radius 2 is 2.00 bits per heavy atom. The van der Waals surface area contributed by atoms with E-state index in [0.29, 0.717) is 11.5 Å². The van der Waals surface area contributed by atoms with Crippen LogP contribution in [0.3, 0.4) is 0 Å². The Morgan fingerprint density at radius 1 is 1.24 bits per heavy atom. The molecule has 0 unspecified atom stereocenters. The summed E-state index contributed by atoms with van der Waals surface area (Å²) in [6.45, 7) is 4.00. The van der Waals surface area contributed by atoms with Gasteiger partial charge in [0.25, 0.3) is 0 Å². The van der Waals surface area contributed by atoms with Gasteiger partial charge in [-0.05, 0) is 7.05 Å². The molecule has 2 aromatic rings. The zero-order valence-electron chi connectivity index (χ0n) is 9.72. The monoisotopic (exact) mass is 233 g/mol. The zero-order chi connectivity index (χ0) is 11.8. The molecule has 2 aromatic heterocycles. The van der Waals surface area contributed by atoms with E-state index in [0.717, 1.165) is 37.6 Å². The van der Waals surface area contributed by atoms with Crippen LogP contribution in [0.4, 0.5) is 11.8 Å². The minimum Gasteiger partial charge on any atom is -0.382 e. The number of nitrogens with two attached hydrogens (primary N) is 1. The number of nitrogens with zero attached hydrogens (tertiary/aromatic N) is 5. The van der Waals surface area contributed by atoms with Crippen LogP contribution < -0.4 is 10.6 Å². The zero-order valence-corrected chi connectivity index (χ0v) is 9.72. The maximum atomic E-state index is 5.77. The molecule has 17 heavy (non-hydrogen) atoms. The summed E-state index contributed by atoms with van der Waals surface area (Å²) < 4.78 is 0. The van der Waals surface area contributed by atoms with Crippen LogP contribution in [0.1, 0.15) is 0 Å². The summed E-state index contributed by atoms with van der Waals surface area (Å²) in [6.07, 6.45) is 1.44. The first-order valence-electron chi connectivity index (χ1n) is 5.64. The van der Waals surface area contributed by atoms with Gasteiger partial charge >= 0.3 is 0 Å². The van der Waals surface area contributed by atoms with Gasteiger partial charge in [-0.1, -0.05) is 0 Å². The topological polar surface area (TPSA) is 87.0 Å². The average Bonchev–Trinajstić information content (AvgIpc) is 2.75. The van der Waals surface area contributed by atoms with Crippen molar-refractivity contribution in [3.63, 3.8) is 0 Å². The molecule has 3 N–H and O–H groups in total. The minimum absolute atomic E-state index is 0.447. The molecule has 0 amide bonds. The lowest BCUT2D eigenvalue weighted by atomic mass is 10.3. The highest BCUT2D eigenvalue weighted by Gasteiger charge is 2.18. The molecule has 0 atom stereocenters. The largest absolute Gasteiger partial charge is 0.382 e. The molecular formula is C10H15N7. The van der Waals surface area contributed by atoms with Crippen LogP contribution in [0.5, 0.6) is 0 Å². The van der Waals surface area contributed by atoms with E-state index in [9.17, 15) is 0 Å². The number of H-pyrrole nitrogens is 1. The number of imidazole rings is 1. The van der Waals surface area contributed by atoms with Crippen molar-refractivity contribution in [3.8, 4) is 0 Å². The van der Waals surface area contributed by atoms with Gasteiger partial charge in [0.05, 0.1) is 0 Å². The van der Waals surface area contributed by atoms with E-state index >= 15 is 0 Å². The molecule has 1 aliphatic rings. The quantitative estimate of drug-likeness (QED) is 0.702. The van der Waals surface area contributed by atoms with Gasteiger partial charge in [0.2, 0.25) is 5.95 Å². The standard InChI is InChI=1S/C10H15N7/c1-16-2-4-17(5-3-16)10-14-7-8(11)12-6-13-9(7)15-10/h6H,2-5H2,1H3,(H3,11,12,13,14,15). The molecular weight excluding hydrogens is 218 g/mol. The van der Waals surface area contributed by atoms with Gasteiger partial charge in [-0.3, -0.25) is 0 Å². The lowest BCUT2D eigenvalue weighted by molar-refractivity contribution is 0.311. The normalized spacial score (nSPS) is 17.8. The first kappa shape index (κ1) is 10.3. The van der Waals surface area contributed by atoms with Gasteiger partial charge in [-0.2, -0.15) is 4.98 Å². The molecule has 90 valence electrons. The van der Waals surface area contributed by atoms with Gasteiger partial charge in [0, 0.05) is 26.2 Å². The van der Waals surface area contributed by atoms with Crippen LogP contribution in [0, 0.1) is 0 Å². The fourth-order valence-electron chi connectivity index (χ4n) is 2.00. The van der Waals surface area contributed by atoms with Crippen molar-refractivity contribution in [1.29, 1.82) is 0 Å². The first-order chi connectivity index (χ1) is 8.24. The van der Waals surface area contributed by atoms with Crippen molar-refractivity contribution in [3.05, 3.63) is 6.33 Å². The van der Waals surface area contributed by atoms with Crippen LogP contribution in [-0.2, 0) is 0 Å². The highest BCUT2D eigenvalue weighted by Crippen LogP contribution is 2.19. The van der Waals surface area contributed by atoms with E-state index in [1.165, 1.54) is 6.33 Å². The number of aromatic nitrogens is 4. The predicted molar refractivity (Wildman–Crippen MR) is 65.8 cm³/mol. The molecule has 0 aromatic carbocycles. The second-order valence-electron chi connectivity index (χ2n) is 4.31. The summed E-state index contributed by atoms with van der Waals surface area (Å²) in [7, 11) is 2.12. The first-order valence-corrected chi connectivity index (χ1v) is 5.64. The predicted octanol–water partition coefficient (Wildman–Crippen LogP) is -0.313. The van der Waals surface area contributed by atoms with Crippen molar-refractivity contribution in [1.82, 2.24) is 24.8 Å². The Hall–Kier alpha value is -1.89. The smallest absolute Gasteiger partial charge is 0.205 e. The summed E-state index contributed by atoms with van der Waals surface area (Å²) >= 11 is 0. The third-order valence-corrected chi connectivity index (χ3v) is 3.11. The number of nitrogens with one attached hydrogen (secondary N) is 1. The molecule has 0 radical (unpaired) electrons. The number of rotatable bonds is 1. The molecule has 7 nitrogen and oxygen atoms in total.